The van der Waals surface area contributed by atoms with Crippen molar-refractivity contribution in [1.29, 1.82) is 0 Å². The third kappa shape index (κ3) is 1.91. The highest BCUT2D eigenvalue weighted by atomic mass is 16.6. The van der Waals surface area contributed by atoms with Crippen LogP contribution < -0.4 is 4.74 Å². The van der Waals surface area contributed by atoms with Crippen LogP contribution in [0.5, 0.6) is 5.75 Å². The Hall–Kier alpha value is -2.06. The van der Waals surface area contributed by atoms with Crippen LogP contribution in [-0.2, 0) is 5.79 Å². The number of benzene rings is 2. The summed E-state index contributed by atoms with van der Waals surface area (Å²) >= 11 is 0. The SMILES string of the molecule is OC1(Oc2ccccc2)CC=Cc2ccccc21. The molecule has 18 heavy (non-hydrogen) atoms. The number of aliphatic hydroxyl groups is 1. The molecule has 0 heterocycles. The molecule has 0 fully saturated rings. The Bertz CT molecular complexity index is 575. The van der Waals surface area contributed by atoms with Gasteiger partial charge in [0.15, 0.2) is 0 Å². The van der Waals surface area contributed by atoms with Crippen LogP contribution in [0.25, 0.3) is 6.08 Å². The Morgan fingerprint density at radius 3 is 2.50 bits per heavy atom. The number of hydrogen-bond donors (Lipinski definition) is 1. The summed E-state index contributed by atoms with van der Waals surface area (Å²) in [5.41, 5.74) is 1.82. The van der Waals surface area contributed by atoms with E-state index >= 15 is 0 Å². The maximum Gasteiger partial charge on any atom is 0.238 e. The second-order valence-electron chi connectivity index (χ2n) is 4.39. The molecule has 0 bridgehead atoms. The summed E-state index contributed by atoms with van der Waals surface area (Å²) < 4.78 is 5.77. The predicted molar refractivity (Wildman–Crippen MR) is 71.1 cm³/mol. The molecule has 1 aliphatic rings. The van der Waals surface area contributed by atoms with Gasteiger partial charge in [-0.3, -0.25) is 0 Å². The lowest BCUT2D eigenvalue weighted by molar-refractivity contribution is -0.143. The fourth-order valence-electron chi connectivity index (χ4n) is 2.23. The monoisotopic (exact) mass is 238 g/mol. The van der Waals surface area contributed by atoms with E-state index in [-0.39, 0.29) is 0 Å². The van der Waals surface area contributed by atoms with E-state index in [2.05, 4.69) is 0 Å². The molecule has 2 nitrogen and oxygen atoms in total. The second kappa shape index (κ2) is 4.31. The molecule has 0 spiro atoms. The number of hydrogen-bond acceptors (Lipinski definition) is 2. The average molecular weight is 238 g/mol. The molecule has 0 aromatic heterocycles. The van der Waals surface area contributed by atoms with Crippen LogP contribution in [0, 0.1) is 0 Å². The number of fused-ring (bicyclic) bond motifs is 1. The van der Waals surface area contributed by atoms with E-state index in [0.717, 1.165) is 11.1 Å². The van der Waals surface area contributed by atoms with Crippen LogP contribution in [0.3, 0.4) is 0 Å². The highest BCUT2D eigenvalue weighted by molar-refractivity contribution is 5.58. The summed E-state index contributed by atoms with van der Waals surface area (Å²) in [6.07, 6.45) is 4.41. The lowest BCUT2D eigenvalue weighted by Gasteiger charge is -2.32. The molecule has 0 amide bonds. The van der Waals surface area contributed by atoms with Gasteiger partial charge in [0.1, 0.15) is 5.75 Å². The van der Waals surface area contributed by atoms with Gasteiger partial charge < -0.3 is 9.84 Å². The third-order valence-electron chi connectivity index (χ3n) is 3.10. The fraction of sp³-hybridized carbons (Fsp3) is 0.125. The molecule has 1 N–H and O–H groups in total. The Kier molecular flexibility index (Phi) is 2.65. The Labute approximate surface area is 106 Å². The fourth-order valence-corrected chi connectivity index (χ4v) is 2.23. The highest BCUT2D eigenvalue weighted by Crippen LogP contribution is 2.35. The molecular weight excluding hydrogens is 224 g/mol. The summed E-state index contributed by atoms with van der Waals surface area (Å²) in [7, 11) is 0. The van der Waals surface area contributed by atoms with Crippen LogP contribution in [0.15, 0.2) is 60.7 Å². The van der Waals surface area contributed by atoms with Gasteiger partial charge in [-0.25, -0.2) is 0 Å². The van der Waals surface area contributed by atoms with Gasteiger partial charge >= 0.3 is 0 Å². The quantitative estimate of drug-likeness (QED) is 0.813. The summed E-state index contributed by atoms with van der Waals surface area (Å²) in [6, 6.07) is 17.1. The summed E-state index contributed by atoms with van der Waals surface area (Å²) in [5.74, 6) is -0.600. The molecule has 0 saturated heterocycles. The maximum absolute atomic E-state index is 10.7. The van der Waals surface area contributed by atoms with Crippen molar-refractivity contribution in [3.05, 3.63) is 71.8 Å². The zero-order valence-corrected chi connectivity index (χ0v) is 9.91. The van der Waals surface area contributed by atoms with Gasteiger partial charge in [-0.15, -0.1) is 0 Å². The average Bonchev–Trinajstić information content (AvgIpc) is 2.40. The molecule has 1 unspecified atom stereocenters. The third-order valence-corrected chi connectivity index (χ3v) is 3.10. The van der Waals surface area contributed by atoms with Gasteiger partial charge in [-0.1, -0.05) is 54.6 Å². The lowest BCUT2D eigenvalue weighted by Crippen LogP contribution is -2.34. The summed E-state index contributed by atoms with van der Waals surface area (Å²) in [4.78, 5) is 0. The zero-order valence-electron chi connectivity index (χ0n) is 9.91. The Balaban J connectivity index is 1.99. The molecule has 3 rings (SSSR count). The van der Waals surface area contributed by atoms with Crippen molar-refractivity contribution in [2.75, 3.05) is 0 Å². The largest absolute Gasteiger partial charge is 0.458 e. The second-order valence-corrected chi connectivity index (χ2v) is 4.39. The molecule has 2 aromatic carbocycles. The maximum atomic E-state index is 10.7. The minimum absolute atomic E-state index is 0.457. The lowest BCUT2D eigenvalue weighted by atomic mass is 9.91. The topological polar surface area (TPSA) is 29.5 Å². The van der Waals surface area contributed by atoms with Crippen molar-refractivity contribution in [1.82, 2.24) is 0 Å². The van der Waals surface area contributed by atoms with Crippen molar-refractivity contribution in [3.8, 4) is 5.75 Å². The number of ether oxygens (including phenoxy) is 1. The first-order chi connectivity index (χ1) is 8.78. The van der Waals surface area contributed by atoms with Crippen LogP contribution >= 0.6 is 0 Å². The zero-order chi connectivity index (χ0) is 12.4. The highest BCUT2D eigenvalue weighted by Gasteiger charge is 2.34. The van der Waals surface area contributed by atoms with Gasteiger partial charge in [0.25, 0.3) is 0 Å². The molecule has 0 saturated carbocycles. The van der Waals surface area contributed by atoms with E-state index in [1.165, 1.54) is 0 Å². The van der Waals surface area contributed by atoms with Crippen molar-refractivity contribution in [2.45, 2.75) is 12.2 Å². The standard InChI is InChI=1S/C16H14O2/c17-16(18-14-9-2-1-3-10-14)12-6-8-13-7-4-5-11-15(13)16/h1-11,17H,12H2. The van der Waals surface area contributed by atoms with E-state index < -0.39 is 5.79 Å². The van der Waals surface area contributed by atoms with Crippen molar-refractivity contribution in [3.63, 3.8) is 0 Å². The van der Waals surface area contributed by atoms with Gasteiger partial charge in [-0.2, -0.15) is 0 Å². The van der Waals surface area contributed by atoms with E-state index in [9.17, 15) is 5.11 Å². The molecular formula is C16H14O2. The summed E-state index contributed by atoms with van der Waals surface area (Å²) in [5, 5.41) is 10.7. The Morgan fingerprint density at radius 1 is 0.944 bits per heavy atom. The van der Waals surface area contributed by atoms with Crippen LogP contribution in [0.2, 0.25) is 0 Å². The molecule has 0 radical (unpaired) electrons. The van der Waals surface area contributed by atoms with Crippen molar-refractivity contribution in [2.24, 2.45) is 0 Å². The predicted octanol–water partition coefficient (Wildman–Crippen LogP) is 3.33. The molecule has 90 valence electrons. The number of rotatable bonds is 2. The van der Waals surface area contributed by atoms with Gasteiger partial charge in [-0.05, 0) is 17.7 Å². The van der Waals surface area contributed by atoms with Crippen molar-refractivity contribution < 1.29 is 9.84 Å². The molecule has 1 atom stereocenters. The first-order valence-electron chi connectivity index (χ1n) is 6.00. The van der Waals surface area contributed by atoms with Crippen LogP contribution in [0.4, 0.5) is 0 Å². The van der Waals surface area contributed by atoms with Crippen LogP contribution in [-0.4, -0.2) is 5.11 Å². The van der Waals surface area contributed by atoms with E-state index in [4.69, 9.17) is 4.74 Å². The van der Waals surface area contributed by atoms with Crippen molar-refractivity contribution >= 4 is 6.08 Å². The minimum Gasteiger partial charge on any atom is -0.458 e. The van der Waals surface area contributed by atoms with Gasteiger partial charge in [0, 0.05) is 12.0 Å². The van der Waals surface area contributed by atoms with E-state index in [1.54, 1.807) is 0 Å². The molecule has 1 aliphatic carbocycles. The molecule has 0 aliphatic heterocycles. The smallest absolute Gasteiger partial charge is 0.238 e. The Morgan fingerprint density at radius 2 is 1.67 bits per heavy atom. The first-order valence-corrected chi connectivity index (χ1v) is 6.00. The van der Waals surface area contributed by atoms with E-state index in [1.807, 2.05) is 66.7 Å². The molecule has 2 aromatic rings. The van der Waals surface area contributed by atoms with Gasteiger partial charge in [0.05, 0.1) is 0 Å². The number of para-hydroxylation sites is 1. The van der Waals surface area contributed by atoms with E-state index in [0.29, 0.717) is 12.2 Å². The van der Waals surface area contributed by atoms with Crippen LogP contribution in [0.1, 0.15) is 17.5 Å². The molecule has 2 heteroatoms. The first kappa shape index (κ1) is 11.1. The summed E-state index contributed by atoms with van der Waals surface area (Å²) in [6.45, 7) is 0. The minimum atomic E-state index is -1.27. The van der Waals surface area contributed by atoms with Gasteiger partial charge in [0.2, 0.25) is 5.79 Å². The normalized spacial score (nSPS) is 21.4.